The number of nitrogens with two attached hydrogens (primary N) is 2. The number of nitrogens with zero attached hydrogens (tertiary/aromatic N) is 2. The van der Waals surface area contributed by atoms with E-state index in [0.29, 0.717) is 24.7 Å². The smallest absolute Gasteiger partial charge is 0.250 e. The van der Waals surface area contributed by atoms with Crippen LogP contribution in [0.3, 0.4) is 0 Å². The first-order chi connectivity index (χ1) is 9.61. The second kappa shape index (κ2) is 5.96. The minimum Gasteiger partial charge on any atom is -0.493 e. The lowest BCUT2D eigenvalue weighted by Gasteiger charge is -2.13. The molecule has 2 aromatic rings. The van der Waals surface area contributed by atoms with E-state index < -0.39 is 5.91 Å². The maximum atomic E-state index is 11.2. The van der Waals surface area contributed by atoms with Gasteiger partial charge < -0.3 is 25.5 Å². The summed E-state index contributed by atoms with van der Waals surface area (Å²) in [6, 6.07) is 3.01. The molecule has 0 aliphatic heterocycles. The third kappa shape index (κ3) is 3.00. The Kier molecular flexibility index (Phi) is 4.09. The summed E-state index contributed by atoms with van der Waals surface area (Å²) in [5.41, 5.74) is 11.5. The van der Waals surface area contributed by atoms with Crippen LogP contribution in [0.25, 0.3) is 0 Å². The van der Waals surface area contributed by atoms with Crippen molar-refractivity contribution in [2.45, 2.75) is 6.54 Å². The molecule has 20 heavy (non-hydrogen) atoms. The van der Waals surface area contributed by atoms with Crippen molar-refractivity contribution >= 4 is 11.6 Å². The van der Waals surface area contributed by atoms with Gasteiger partial charge >= 0.3 is 0 Å². The average Bonchev–Trinajstić information content (AvgIpc) is 2.91. The molecule has 7 nitrogen and oxygen atoms in total. The number of carbonyl (C=O) groups excluding carboxylic acids is 1. The summed E-state index contributed by atoms with van der Waals surface area (Å²) in [6.45, 7) is 1.06. The second-order valence-corrected chi connectivity index (χ2v) is 4.10. The molecular weight excluding hydrogens is 260 g/mol. The first kappa shape index (κ1) is 13.7. The second-order valence-electron chi connectivity index (χ2n) is 4.10. The molecule has 0 aliphatic carbocycles. The van der Waals surface area contributed by atoms with Gasteiger partial charge in [0.25, 0.3) is 5.91 Å². The van der Waals surface area contributed by atoms with Gasteiger partial charge in [-0.05, 0) is 6.07 Å². The highest BCUT2D eigenvalue weighted by molar-refractivity contribution is 5.98. The number of nitrogen functional groups attached to an aromatic ring is 1. The van der Waals surface area contributed by atoms with Crippen molar-refractivity contribution in [2.24, 2.45) is 5.73 Å². The van der Waals surface area contributed by atoms with E-state index in [1.165, 1.54) is 19.2 Å². The fourth-order valence-corrected chi connectivity index (χ4v) is 1.74. The van der Waals surface area contributed by atoms with E-state index in [9.17, 15) is 4.79 Å². The van der Waals surface area contributed by atoms with Crippen LogP contribution in [0.2, 0.25) is 0 Å². The van der Waals surface area contributed by atoms with Crippen LogP contribution in [0.5, 0.6) is 11.5 Å². The van der Waals surface area contributed by atoms with Gasteiger partial charge in [-0.2, -0.15) is 0 Å². The maximum absolute atomic E-state index is 11.2. The van der Waals surface area contributed by atoms with Crippen molar-refractivity contribution in [3.63, 3.8) is 0 Å². The van der Waals surface area contributed by atoms with E-state index in [1.54, 1.807) is 12.5 Å². The maximum Gasteiger partial charge on any atom is 0.250 e. The molecule has 1 aromatic heterocycles. The lowest BCUT2D eigenvalue weighted by atomic mass is 10.1. The monoisotopic (exact) mass is 276 g/mol. The normalized spacial score (nSPS) is 10.2. The highest BCUT2D eigenvalue weighted by atomic mass is 16.5. The Morgan fingerprint density at radius 1 is 1.40 bits per heavy atom. The number of methoxy groups -OCH3 is 1. The molecule has 1 aromatic carbocycles. The average molecular weight is 276 g/mol. The van der Waals surface area contributed by atoms with E-state index in [0.717, 1.165) is 0 Å². The highest BCUT2D eigenvalue weighted by Gasteiger charge is 2.13. The summed E-state index contributed by atoms with van der Waals surface area (Å²) >= 11 is 0. The van der Waals surface area contributed by atoms with E-state index in [1.807, 2.05) is 10.8 Å². The zero-order valence-electron chi connectivity index (χ0n) is 11.1. The third-order valence-electron chi connectivity index (χ3n) is 2.77. The molecule has 0 atom stereocenters. The van der Waals surface area contributed by atoms with Gasteiger partial charge in [-0.15, -0.1) is 0 Å². The lowest BCUT2D eigenvalue weighted by molar-refractivity contribution is 0.100. The van der Waals surface area contributed by atoms with Crippen molar-refractivity contribution < 1.29 is 14.3 Å². The van der Waals surface area contributed by atoms with Crippen molar-refractivity contribution in [2.75, 3.05) is 19.5 Å². The van der Waals surface area contributed by atoms with Crippen LogP contribution in [-0.4, -0.2) is 29.2 Å². The molecule has 1 amide bonds. The molecule has 0 spiro atoms. The number of amides is 1. The summed E-state index contributed by atoms with van der Waals surface area (Å²) in [4.78, 5) is 15.1. The van der Waals surface area contributed by atoms with Crippen LogP contribution in [0.1, 0.15) is 10.4 Å². The first-order valence-electron chi connectivity index (χ1n) is 5.97. The molecule has 0 saturated carbocycles. The van der Waals surface area contributed by atoms with Crippen molar-refractivity contribution in [1.82, 2.24) is 9.55 Å². The van der Waals surface area contributed by atoms with Crippen molar-refractivity contribution in [3.8, 4) is 11.5 Å². The molecule has 7 heteroatoms. The van der Waals surface area contributed by atoms with Crippen LogP contribution in [0.4, 0.5) is 5.69 Å². The fraction of sp³-hybridized carbons (Fsp3) is 0.231. The minimum absolute atomic E-state index is 0.212. The van der Waals surface area contributed by atoms with Crippen LogP contribution in [-0.2, 0) is 6.54 Å². The number of aromatic nitrogens is 2. The van der Waals surface area contributed by atoms with Gasteiger partial charge in [0.2, 0.25) is 0 Å². The molecule has 0 bridgehead atoms. The summed E-state index contributed by atoms with van der Waals surface area (Å²) in [5.74, 6) is 0.277. The summed E-state index contributed by atoms with van der Waals surface area (Å²) in [6.07, 6.45) is 5.23. The number of hydrogen-bond donors (Lipinski definition) is 2. The third-order valence-corrected chi connectivity index (χ3v) is 2.77. The van der Waals surface area contributed by atoms with Gasteiger partial charge in [-0.25, -0.2) is 4.98 Å². The number of anilines is 1. The number of primary amides is 1. The van der Waals surface area contributed by atoms with Gasteiger partial charge in [-0.3, -0.25) is 4.79 Å². The SMILES string of the molecule is COc1cc(C(N)=O)c(N)cc1OCCn1ccnc1. The van der Waals surface area contributed by atoms with Gasteiger partial charge in [0.05, 0.1) is 25.5 Å². The topological polar surface area (TPSA) is 105 Å². The zero-order valence-corrected chi connectivity index (χ0v) is 11.1. The fourth-order valence-electron chi connectivity index (χ4n) is 1.74. The molecule has 1 heterocycles. The standard InChI is InChI=1S/C13H16N4O3/c1-19-11-6-9(13(15)18)10(14)7-12(11)20-5-4-17-3-2-16-8-17/h2-3,6-8H,4-5,14H2,1H3,(H2,15,18). The zero-order chi connectivity index (χ0) is 14.5. The van der Waals surface area contributed by atoms with Gasteiger partial charge in [0.15, 0.2) is 11.5 Å². The van der Waals surface area contributed by atoms with Gasteiger partial charge in [-0.1, -0.05) is 0 Å². The number of benzene rings is 1. The van der Waals surface area contributed by atoms with Gasteiger partial charge in [0.1, 0.15) is 6.61 Å². The molecule has 0 aliphatic rings. The molecule has 0 fully saturated rings. The molecule has 0 saturated heterocycles. The van der Waals surface area contributed by atoms with E-state index in [-0.39, 0.29) is 11.3 Å². The lowest BCUT2D eigenvalue weighted by Crippen LogP contribution is -2.14. The van der Waals surface area contributed by atoms with Crippen molar-refractivity contribution in [3.05, 3.63) is 36.4 Å². The number of ether oxygens (including phenoxy) is 2. The largest absolute Gasteiger partial charge is 0.493 e. The number of carbonyl (C=O) groups is 1. The van der Waals surface area contributed by atoms with Crippen molar-refractivity contribution in [1.29, 1.82) is 0 Å². The first-order valence-corrected chi connectivity index (χ1v) is 5.97. The molecule has 4 N–H and O–H groups in total. The predicted molar refractivity (Wildman–Crippen MR) is 73.6 cm³/mol. The Labute approximate surface area is 116 Å². The Bertz CT molecular complexity index is 596. The molecule has 2 rings (SSSR count). The number of hydrogen-bond acceptors (Lipinski definition) is 5. The molecular formula is C13H16N4O3. The Morgan fingerprint density at radius 2 is 2.20 bits per heavy atom. The predicted octanol–water partition coefficient (Wildman–Crippen LogP) is 0.652. The highest BCUT2D eigenvalue weighted by Crippen LogP contribution is 2.32. The summed E-state index contributed by atoms with van der Waals surface area (Å²) in [5, 5.41) is 0. The number of rotatable bonds is 6. The van der Waals surface area contributed by atoms with E-state index >= 15 is 0 Å². The molecule has 0 unspecified atom stereocenters. The summed E-state index contributed by atoms with van der Waals surface area (Å²) < 4.78 is 12.7. The molecule has 0 radical (unpaired) electrons. The Balaban J connectivity index is 2.10. The Hall–Kier alpha value is -2.70. The minimum atomic E-state index is -0.606. The van der Waals surface area contributed by atoms with Crippen LogP contribution >= 0.6 is 0 Å². The van der Waals surface area contributed by atoms with Gasteiger partial charge in [0, 0.05) is 24.1 Å². The quantitative estimate of drug-likeness (QED) is 0.754. The van der Waals surface area contributed by atoms with Crippen LogP contribution in [0, 0.1) is 0 Å². The summed E-state index contributed by atoms with van der Waals surface area (Å²) in [7, 11) is 1.49. The number of imidazole rings is 1. The Morgan fingerprint density at radius 3 is 2.80 bits per heavy atom. The van der Waals surface area contributed by atoms with Crippen LogP contribution < -0.4 is 20.9 Å². The van der Waals surface area contributed by atoms with E-state index in [2.05, 4.69) is 4.98 Å². The van der Waals surface area contributed by atoms with E-state index in [4.69, 9.17) is 20.9 Å². The molecule has 106 valence electrons. The van der Waals surface area contributed by atoms with Crippen LogP contribution in [0.15, 0.2) is 30.9 Å².